The summed E-state index contributed by atoms with van der Waals surface area (Å²) in [6, 6.07) is 8.95. The Bertz CT molecular complexity index is 620. The third kappa shape index (κ3) is 2.70. The number of benzene rings is 1. The maximum atomic E-state index is 12.3. The van der Waals surface area contributed by atoms with Gasteiger partial charge in [-0.1, -0.05) is 12.1 Å². The predicted molar refractivity (Wildman–Crippen MR) is 70.7 cm³/mol. The average molecular weight is 258 g/mol. The maximum absolute atomic E-state index is 12.3. The van der Waals surface area contributed by atoms with Crippen molar-refractivity contribution in [3.8, 4) is 0 Å². The van der Waals surface area contributed by atoms with Gasteiger partial charge in [-0.3, -0.25) is 14.6 Å². The summed E-state index contributed by atoms with van der Waals surface area (Å²) in [7, 11) is 2.86. The van der Waals surface area contributed by atoms with Gasteiger partial charge in [-0.2, -0.15) is 0 Å². The number of ether oxygens (including phenoxy) is 1. The fraction of sp³-hybridized carbons (Fsp3) is 0.214. The Balaban J connectivity index is 2.34. The van der Waals surface area contributed by atoms with Crippen LogP contribution in [-0.2, 0) is 9.53 Å². The van der Waals surface area contributed by atoms with E-state index in [1.165, 1.54) is 12.0 Å². The van der Waals surface area contributed by atoms with Crippen LogP contribution in [-0.4, -0.2) is 42.5 Å². The van der Waals surface area contributed by atoms with Gasteiger partial charge in [0.2, 0.25) is 0 Å². The van der Waals surface area contributed by atoms with E-state index in [-0.39, 0.29) is 12.5 Å². The summed E-state index contributed by atoms with van der Waals surface area (Å²) in [5, 5.41) is 0.770. The summed E-state index contributed by atoms with van der Waals surface area (Å²) >= 11 is 0. The first-order valence-electron chi connectivity index (χ1n) is 5.79. The Kier molecular flexibility index (Phi) is 3.75. The van der Waals surface area contributed by atoms with Crippen LogP contribution in [0.1, 0.15) is 10.4 Å². The van der Waals surface area contributed by atoms with E-state index in [4.69, 9.17) is 0 Å². The van der Waals surface area contributed by atoms with Crippen molar-refractivity contribution in [1.29, 1.82) is 0 Å². The van der Waals surface area contributed by atoms with E-state index in [0.717, 1.165) is 10.9 Å². The molecule has 5 nitrogen and oxygen atoms in total. The molecule has 0 N–H and O–H groups in total. The summed E-state index contributed by atoms with van der Waals surface area (Å²) < 4.78 is 4.55. The molecule has 2 aromatic rings. The molecule has 5 heteroatoms. The number of hydrogen-bond donors (Lipinski definition) is 0. The molecular formula is C14H14N2O3. The lowest BCUT2D eigenvalue weighted by Gasteiger charge is -2.16. The standard InChI is InChI=1S/C14H14N2O3/c1-16(9-13(17)19-2)14(18)11-5-3-7-12-10(11)6-4-8-15-12/h3-8H,9H2,1-2H3. The number of hydrogen-bond acceptors (Lipinski definition) is 4. The summed E-state index contributed by atoms with van der Waals surface area (Å²) in [6.07, 6.45) is 1.68. The highest BCUT2D eigenvalue weighted by Crippen LogP contribution is 2.17. The van der Waals surface area contributed by atoms with Crippen LogP contribution in [0.25, 0.3) is 10.9 Å². The second-order valence-corrected chi connectivity index (χ2v) is 4.11. The minimum Gasteiger partial charge on any atom is -0.468 e. The van der Waals surface area contributed by atoms with Crippen molar-refractivity contribution in [2.45, 2.75) is 0 Å². The normalized spacial score (nSPS) is 10.2. The first-order valence-corrected chi connectivity index (χ1v) is 5.79. The van der Waals surface area contributed by atoms with E-state index in [1.807, 2.05) is 12.1 Å². The number of rotatable bonds is 3. The number of amides is 1. The molecule has 0 aliphatic heterocycles. The van der Waals surface area contributed by atoms with Crippen molar-refractivity contribution in [3.05, 3.63) is 42.1 Å². The molecule has 1 aromatic carbocycles. The molecule has 2 rings (SSSR count). The van der Waals surface area contributed by atoms with E-state index in [2.05, 4.69) is 9.72 Å². The van der Waals surface area contributed by atoms with Crippen molar-refractivity contribution in [1.82, 2.24) is 9.88 Å². The van der Waals surface area contributed by atoms with Crippen LogP contribution in [0.5, 0.6) is 0 Å². The smallest absolute Gasteiger partial charge is 0.325 e. The Labute approximate surface area is 110 Å². The van der Waals surface area contributed by atoms with Gasteiger partial charge in [0.25, 0.3) is 5.91 Å². The number of esters is 1. The lowest BCUT2D eigenvalue weighted by molar-refractivity contribution is -0.141. The van der Waals surface area contributed by atoms with Crippen molar-refractivity contribution >= 4 is 22.8 Å². The Morgan fingerprint density at radius 1 is 1.26 bits per heavy atom. The van der Waals surface area contributed by atoms with Gasteiger partial charge < -0.3 is 9.64 Å². The molecule has 0 unspecified atom stereocenters. The van der Waals surface area contributed by atoms with Crippen LogP contribution in [0.4, 0.5) is 0 Å². The molecule has 1 amide bonds. The molecule has 0 atom stereocenters. The van der Waals surface area contributed by atoms with Crippen LogP contribution in [0.2, 0.25) is 0 Å². The zero-order valence-electron chi connectivity index (χ0n) is 10.8. The fourth-order valence-corrected chi connectivity index (χ4v) is 1.83. The molecule has 0 aliphatic carbocycles. The van der Waals surface area contributed by atoms with Crippen molar-refractivity contribution in [2.75, 3.05) is 20.7 Å². The predicted octanol–water partition coefficient (Wildman–Crippen LogP) is 1.48. The van der Waals surface area contributed by atoms with E-state index < -0.39 is 5.97 Å². The highest BCUT2D eigenvalue weighted by Gasteiger charge is 2.17. The molecule has 0 bridgehead atoms. The van der Waals surface area contributed by atoms with Crippen LogP contribution >= 0.6 is 0 Å². The third-order valence-corrected chi connectivity index (χ3v) is 2.82. The molecule has 0 saturated heterocycles. The second kappa shape index (κ2) is 5.48. The molecule has 1 aromatic heterocycles. The lowest BCUT2D eigenvalue weighted by atomic mass is 10.1. The second-order valence-electron chi connectivity index (χ2n) is 4.11. The quantitative estimate of drug-likeness (QED) is 0.782. The molecule has 1 heterocycles. The van der Waals surface area contributed by atoms with Gasteiger partial charge in [0.15, 0.2) is 0 Å². The zero-order valence-corrected chi connectivity index (χ0v) is 10.8. The number of carbonyl (C=O) groups is 2. The van der Waals surface area contributed by atoms with Crippen LogP contribution < -0.4 is 0 Å². The number of carbonyl (C=O) groups excluding carboxylic acids is 2. The van der Waals surface area contributed by atoms with Gasteiger partial charge in [-0.15, -0.1) is 0 Å². The topological polar surface area (TPSA) is 59.5 Å². The van der Waals surface area contributed by atoms with Gasteiger partial charge in [0.1, 0.15) is 6.54 Å². The Morgan fingerprint density at radius 3 is 2.79 bits per heavy atom. The van der Waals surface area contributed by atoms with E-state index in [0.29, 0.717) is 5.56 Å². The van der Waals surface area contributed by atoms with Crippen LogP contribution in [0.3, 0.4) is 0 Å². The SMILES string of the molecule is COC(=O)CN(C)C(=O)c1cccc2ncccc12. The lowest BCUT2D eigenvalue weighted by Crippen LogP contribution is -2.32. The first-order chi connectivity index (χ1) is 9.13. The average Bonchev–Trinajstić information content (AvgIpc) is 2.45. The third-order valence-electron chi connectivity index (χ3n) is 2.82. The molecule has 0 radical (unpaired) electrons. The Morgan fingerprint density at radius 2 is 2.05 bits per heavy atom. The maximum Gasteiger partial charge on any atom is 0.325 e. The number of pyridine rings is 1. The highest BCUT2D eigenvalue weighted by molar-refractivity contribution is 6.06. The van der Waals surface area contributed by atoms with E-state index in [1.54, 1.807) is 31.4 Å². The van der Waals surface area contributed by atoms with Crippen molar-refractivity contribution < 1.29 is 14.3 Å². The zero-order chi connectivity index (χ0) is 13.8. The molecular weight excluding hydrogens is 244 g/mol. The van der Waals surface area contributed by atoms with Gasteiger partial charge in [0, 0.05) is 24.2 Å². The summed E-state index contributed by atoms with van der Waals surface area (Å²) in [4.78, 5) is 29.0. The van der Waals surface area contributed by atoms with Crippen LogP contribution in [0, 0.1) is 0 Å². The number of aromatic nitrogens is 1. The summed E-state index contributed by atoms with van der Waals surface area (Å²) in [6.45, 7) is -0.0774. The highest BCUT2D eigenvalue weighted by atomic mass is 16.5. The molecule has 19 heavy (non-hydrogen) atoms. The summed E-state index contributed by atoms with van der Waals surface area (Å²) in [5.74, 6) is -0.682. The Hall–Kier alpha value is -2.43. The van der Waals surface area contributed by atoms with Crippen molar-refractivity contribution in [2.24, 2.45) is 0 Å². The molecule has 0 fully saturated rings. The number of fused-ring (bicyclic) bond motifs is 1. The largest absolute Gasteiger partial charge is 0.468 e. The monoisotopic (exact) mass is 258 g/mol. The van der Waals surface area contributed by atoms with Gasteiger partial charge >= 0.3 is 5.97 Å². The number of methoxy groups -OCH3 is 1. The summed E-state index contributed by atoms with van der Waals surface area (Å²) in [5.41, 5.74) is 1.27. The molecule has 98 valence electrons. The molecule has 0 spiro atoms. The van der Waals surface area contributed by atoms with E-state index in [9.17, 15) is 9.59 Å². The number of nitrogens with zero attached hydrogens (tertiary/aromatic N) is 2. The van der Waals surface area contributed by atoms with Gasteiger partial charge in [0.05, 0.1) is 12.6 Å². The minimum absolute atomic E-state index is 0.0774. The molecule has 0 saturated carbocycles. The fourth-order valence-electron chi connectivity index (χ4n) is 1.83. The van der Waals surface area contributed by atoms with Crippen molar-refractivity contribution in [3.63, 3.8) is 0 Å². The first kappa shape index (κ1) is 13.0. The van der Waals surface area contributed by atoms with E-state index >= 15 is 0 Å². The van der Waals surface area contributed by atoms with Gasteiger partial charge in [-0.05, 0) is 18.2 Å². The number of likely N-dealkylation sites (N-methyl/N-ethyl adjacent to an activating group) is 1. The minimum atomic E-state index is -0.450. The van der Waals surface area contributed by atoms with Gasteiger partial charge in [-0.25, -0.2) is 0 Å². The van der Waals surface area contributed by atoms with Crippen LogP contribution in [0.15, 0.2) is 36.5 Å². The molecule has 0 aliphatic rings.